The number of hydrogen-bond acceptors (Lipinski definition) is 2. The summed E-state index contributed by atoms with van der Waals surface area (Å²) in [5.41, 5.74) is 5.72. The van der Waals surface area contributed by atoms with Gasteiger partial charge in [0.1, 0.15) is 5.71 Å². The minimum atomic E-state index is 0. The van der Waals surface area contributed by atoms with Crippen molar-refractivity contribution in [2.45, 2.75) is 323 Å². The van der Waals surface area contributed by atoms with E-state index >= 15 is 0 Å². The van der Waals surface area contributed by atoms with Gasteiger partial charge in [-0.05, 0) is 74.4 Å². The second kappa shape index (κ2) is 53.8. The van der Waals surface area contributed by atoms with Crippen molar-refractivity contribution in [2.24, 2.45) is 9.98 Å². The van der Waals surface area contributed by atoms with Gasteiger partial charge in [-0.25, -0.2) is 4.99 Å². The number of aliphatic imine (C=N–C) groups is 2. The van der Waals surface area contributed by atoms with Crippen LogP contribution in [0.25, 0.3) is 0 Å². The van der Waals surface area contributed by atoms with Gasteiger partial charge in [-0.2, -0.15) is 0 Å². The molecule has 0 fully saturated rings. The molecule has 0 saturated heterocycles. The molecule has 0 saturated carbocycles. The standard InChI is InChI=1S/C70H112N2.Ni/c1-5-9-13-17-20-23-26-27-28-29-30-31-32-33-34-35-36-37-38-41-44-48-52-62-70(72-68-60-54-58-66(64-68)56-50-47-43-40-25-22-19-15-11-7-3)69(61-51-45-16-12-8-4)71-67-59-53-57-65(63-67)55-49-46-42-39-24-21-18-14-10-6-2;/h53-54,57-60,63-64H,5-48,52,62H2,1-4H3;. The predicted octanol–water partition coefficient (Wildman–Crippen LogP) is 23.3. The molecule has 0 unspecified atom stereocenters. The fourth-order valence-corrected chi connectivity index (χ4v) is 9.69. The van der Waals surface area contributed by atoms with Gasteiger partial charge in [-0.3, -0.25) is 4.99 Å². The van der Waals surface area contributed by atoms with E-state index in [0.717, 1.165) is 72.4 Å². The van der Waals surface area contributed by atoms with Gasteiger partial charge in [0, 0.05) is 46.9 Å². The Morgan fingerprint density at radius 3 is 0.986 bits per heavy atom. The van der Waals surface area contributed by atoms with Crippen molar-refractivity contribution in [3.8, 4) is 35.5 Å². The van der Waals surface area contributed by atoms with Gasteiger partial charge in [0.15, 0.2) is 0 Å². The number of hydrogen-bond donors (Lipinski definition) is 0. The molecule has 3 heteroatoms. The van der Waals surface area contributed by atoms with Crippen molar-refractivity contribution in [1.82, 2.24) is 0 Å². The van der Waals surface area contributed by atoms with E-state index in [2.05, 4.69) is 112 Å². The number of nitrogens with zero attached hydrogens (tertiary/aromatic N) is 2. The Morgan fingerprint density at radius 1 is 0.329 bits per heavy atom. The summed E-state index contributed by atoms with van der Waals surface area (Å²) >= 11 is 0. The van der Waals surface area contributed by atoms with Crippen LogP contribution in [0.2, 0.25) is 0 Å². The van der Waals surface area contributed by atoms with E-state index in [4.69, 9.17) is 9.98 Å². The molecule has 0 aliphatic carbocycles. The number of benzene rings is 2. The van der Waals surface area contributed by atoms with Crippen molar-refractivity contribution in [2.75, 3.05) is 0 Å². The predicted molar refractivity (Wildman–Crippen MR) is 324 cm³/mol. The zero-order chi connectivity index (χ0) is 51.3. The molecule has 0 amide bonds. The van der Waals surface area contributed by atoms with Gasteiger partial charge in [0.05, 0.1) is 17.1 Å². The molecule has 0 N–H and O–H groups in total. The first-order valence-electron chi connectivity index (χ1n) is 31.5. The normalized spacial score (nSPS) is 11.3. The zero-order valence-electron chi connectivity index (χ0n) is 48.4. The second-order valence-electron chi connectivity index (χ2n) is 21.5. The van der Waals surface area contributed by atoms with Crippen LogP contribution < -0.4 is 0 Å². The summed E-state index contributed by atoms with van der Waals surface area (Å²) in [6.45, 7) is 9.14. The molecule has 2 rings (SSSR count). The average molecular weight is 1040 g/mol. The fraction of sp³-hybridized carbons (Fsp3) is 0.714. The van der Waals surface area contributed by atoms with Gasteiger partial charge in [0.25, 0.3) is 0 Å². The quantitative estimate of drug-likeness (QED) is 0.0273. The Bertz CT molecular complexity index is 1800. The molecule has 0 aliphatic rings. The SMILES string of the molecule is CCCCCC#CC(=Nc1cccc(C#CCCCCCCCCCC)c1)C(CCCCCCCCCCCCCCCCCCCCCCCCC)=Nc1cccc(C#CCCCCCCCCCC)c1.[Ni]. The van der Waals surface area contributed by atoms with Crippen LogP contribution >= 0.6 is 0 Å². The molecular formula is C70H112N2Ni. The van der Waals surface area contributed by atoms with Crippen LogP contribution in [-0.2, 0) is 16.5 Å². The zero-order valence-corrected chi connectivity index (χ0v) is 49.3. The first kappa shape index (κ1) is 68.0. The van der Waals surface area contributed by atoms with Gasteiger partial charge in [-0.1, -0.05) is 313 Å². The summed E-state index contributed by atoms with van der Waals surface area (Å²) < 4.78 is 0. The van der Waals surface area contributed by atoms with Crippen LogP contribution in [0.4, 0.5) is 11.4 Å². The molecule has 2 aromatic carbocycles. The van der Waals surface area contributed by atoms with Crippen LogP contribution in [0.3, 0.4) is 0 Å². The van der Waals surface area contributed by atoms with E-state index in [-0.39, 0.29) is 16.5 Å². The van der Waals surface area contributed by atoms with Crippen molar-refractivity contribution in [3.63, 3.8) is 0 Å². The second-order valence-corrected chi connectivity index (χ2v) is 21.5. The molecule has 0 aromatic heterocycles. The maximum atomic E-state index is 5.37. The Labute approximate surface area is 464 Å². The van der Waals surface area contributed by atoms with Gasteiger partial charge in [0.2, 0.25) is 0 Å². The first-order valence-corrected chi connectivity index (χ1v) is 31.5. The maximum Gasteiger partial charge on any atom is 0.135 e. The monoisotopic (exact) mass is 1040 g/mol. The van der Waals surface area contributed by atoms with Crippen LogP contribution in [0.5, 0.6) is 0 Å². The third-order valence-electron chi connectivity index (χ3n) is 14.4. The van der Waals surface area contributed by atoms with E-state index < -0.39 is 0 Å². The summed E-state index contributed by atoms with van der Waals surface area (Å²) in [6.07, 6.45) is 60.6. The summed E-state index contributed by atoms with van der Waals surface area (Å²) in [5, 5.41) is 0. The molecular weight excluding hydrogens is 927 g/mol. The first-order chi connectivity index (χ1) is 35.7. The molecule has 73 heavy (non-hydrogen) atoms. The molecule has 412 valence electrons. The third kappa shape index (κ3) is 42.8. The Hall–Kier alpha value is -3.05. The van der Waals surface area contributed by atoms with Crippen molar-refractivity contribution < 1.29 is 16.5 Å². The van der Waals surface area contributed by atoms with Crippen LogP contribution in [0.1, 0.15) is 334 Å². The Morgan fingerprint density at radius 2 is 0.616 bits per heavy atom. The van der Waals surface area contributed by atoms with Crippen LogP contribution in [0.15, 0.2) is 58.5 Å². The molecule has 2 nitrogen and oxygen atoms in total. The van der Waals surface area contributed by atoms with Crippen molar-refractivity contribution in [3.05, 3.63) is 59.7 Å². The molecule has 2 aromatic rings. The largest absolute Gasteiger partial charge is 0.250 e. The van der Waals surface area contributed by atoms with E-state index in [1.807, 2.05) is 0 Å². The Balaban J connectivity index is 0.0000266. The molecule has 0 bridgehead atoms. The van der Waals surface area contributed by atoms with Gasteiger partial charge >= 0.3 is 0 Å². The Kier molecular flexibility index (Phi) is 50.1. The van der Waals surface area contributed by atoms with Gasteiger partial charge in [-0.15, -0.1) is 0 Å². The third-order valence-corrected chi connectivity index (χ3v) is 14.4. The smallest absolute Gasteiger partial charge is 0.135 e. The van der Waals surface area contributed by atoms with Crippen LogP contribution in [0, 0.1) is 35.5 Å². The molecule has 0 aliphatic heterocycles. The van der Waals surface area contributed by atoms with E-state index in [1.165, 1.54) is 257 Å². The summed E-state index contributed by atoms with van der Waals surface area (Å²) in [4.78, 5) is 10.7. The topological polar surface area (TPSA) is 24.7 Å². The minimum absolute atomic E-state index is 0. The average Bonchev–Trinajstić information content (AvgIpc) is 3.39. The molecule has 0 heterocycles. The molecule has 0 spiro atoms. The van der Waals surface area contributed by atoms with Crippen LogP contribution in [-0.4, -0.2) is 11.4 Å². The van der Waals surface area contributed by atoms with E-state index in [1.54, 1.807) is 0 Å². The maximum absolute atomic E-state index is 5.37. The number of rotatable bonds is 46. The molecule has 0 atom stereocenters. The minimum Gasteiger partial charge on any atom is -0.250 e. The van der Waals surface area contributed by atoms with E-state index in [0.29, 0.717) is 0 Å². The fourth-order valence-electron chi connectivity index (χ4n) is 9.69. The summed E-state index contributed by atoms with van der Waals surface area (Å²) in [7, 11) is 0. The van der Waals surface area contributed by atoms with Gasteiger partial charge < -0.3 is 0 Å². The van der Waals surface area contributed by atoms with Crippen molar-refractivity contribution >= 4 is 22.8 Å². The number of unbranched alkanes of at least 4 members (excludes halogenated alkanes) is 41. The van der Waals surface area contributed by atoms with E-state index in [9.17, 15) is 0 Å². The summed E-state index contributed by atoms with van der Waals surface area (Å²) in [6, 6.07) is 17.0. The summed E-state index contributed by atoms with van der Waals surface area (Å²) in [5.74, 6) is 20.9. The molecule has 0 radical (unpaired) electrons. The van der Waals surface area contributed by atoms with Crippen molar-refractivity contribution in [1.29, 1.82) is 0 Å².